The maximum Gasteiger partial charge on any atom is 0.344 e. The molecule has 1 atom stereocenters. The lowest BCUT2D eigenvalue weighted by Gasteiger charge is -2.14. The maximum absolute atomic E-state index is 10.9. The van der Waals surface area contributed by atoms with Crippen molar-refractivity contribution in [2.45, 2.75) is 13.0 Å². The van der Waals surface area contributed by atoms with Crippen LogP contribution in [0.15, 0.2) is 41.6 Å². The van der Waals surface area contributed by atoms with Crippen LogP contribution >= 0.6 is 0 Å². The van der Waals surface area contributed by atoms with E-state index in [2.05, 4.69) is 15.5 Å². The number of methoxy groups -OCH3 is 1. The zero-order valence-corrected chi connectivity index (χ0v) is 13.9. The van der Waals surface area contributed by atoms with Crippen molar-refractivity contribution in [2.75, 3.05) is 12.5 Å². The monoisotopic (exact) mass is 360 g/mol. The second-order valence-corrected chi connectivity index (χ2v) is 5.04. The smallest absolute Gasteiger partial charge is 0.344 e. The third kappa shape index (κ3) is 4.90. The molecule has 0 aliphatic rings. The summed E-state index contributed by atoms with van der Waals surface area (Å²) >= 11 is 0. The molecule has 0 fully saturated rings. The van der Waals surface area contributed by atoms with Crippen LogP contribution in [0.4, 0.5) is 11.5 Å². The number of carboxylic acids is 1. The minimum atomic E-state index is -1.09. The lowest BCUT2D eigenvalue weighted by atomic mass is 10.2. The van der Waals surface area contributed by atoms with Gasteiger partial charge in [-0.05, 0) is 36.8 Å². The summed E-state index contributed by atoms with van der Waals surface area (Å²) in [7, 11) is 1.44. The van der Waals surface area contributed by atoms with E-state index in [4.69, 9.17) is 14.6 Å². The predicted octanol–water partition coefficient (Wildman–Crippen LogP) is 2.30. The lowest BCUT2D eigenvalue weighted by molar-refractivity contribution is -0.385. The molecule has 2 N–H and O–H groups in total. The highest BCUT2D eigenvalue weighted by molar-refractivity contribution is 5.81. The maximum atomic E-state index is 10.9. The Morgan fingerprint density at radius 3 is 2.73 bits per heavy atom. The summed E-state index contributed by atoms with van der Waals surface area (Å²) in [6.45, 7) is 1.41. The molecule has 10 nitrogen and oxygen atoms in total. The van der Waals surface area contributed by atoms with E-state index >= 15 is 0 Å². The van der Waals surface area contributed by atoms with Gasteiger partial charge in [0.25, 0.3) is 5.69 Å². The molecule has 1 aromatic carbocycles. The van der Waals surface area contributed by atoms with Gasteiger partial charge in [-0.25, -0.2) is 9.78 Å². The molecule has 10 heteroatoms. The van der Waals surface area contributed by atoms with Gasteiger partial charge in [0.05, 0.1) is 18.2 Å². The van der Waals surface area contributed by atoms with Crippen molar-refractivity contribution >= 4 is 23.7 Å². The Morgan fingerprint density at radius 1 is 1.38 bits per heavy atom. The Hall–Kier alpha value is -3.69. The van der Waals surface area contributed by atoms with Crippen molar-refractivity contribution in [2.24, 2.45) is 5.10 Å². The van der Waals surface area contributed by atoms with Crippen molar-refractivity contribution in [3.05, 3.63) is 52.2 Å². The summed E-state index contributed by atoms with van der Waals surface area (Å²) in [5.74, 6) is -0.0911. The number of carboxylic acid groups (broad SMARTS) is 1. The molecule has 2 aromatic rings. The van der Waals surface area contributed by atoms with Gasteiger partial charge < -0.3 is 14.6 Å². The quantitative estimate of drug-likeness (QED) is 0.416. The zero-order valence-electron chi connectivity index (χ0n) is 13.9. The molecule has 1 aromatic heterocycles. The number of pyridine rings is 1. The number of anilines is 1. The van der Waals surface area contributed by atoms with Gasteiger partial charge in [-0.15, -0.1) is 0 Å². The van der Waals surface area contributed by atoms with Crippen LogP contribution in [0.25, 0.3) is 0 Å². The summed E-state index contributed by atoms with van der Waals surface area (Å²) in [4.78, 5) is 24.8. The van der Waals surface area contributed by atoms with Gasteiger partial charge in [0.15, 0.2) is 17.6 Å². The van der Waals surface area contributed by atoms with Crippen LogP contribution in [0, 0.1) is 10.1 Å². The van der Waals surface area contributed by atoms with Crippen LogP contribution in [0.1, 0.15) is 12.5 Å². The molecule has 0 unspecified atom stereocenters. The largest absolute Gasteiger partial charge is 0.493 e. The highest BCUT2D eigenvalue weighted by Crippen LogP contribution is 2.28. The number of hydrazone groups is 1. The van der Waals surface area contributed by atoms with E-state index in [0.29, 0.717) is 22.9 Å². The van der Waals surface area contributed by atoms with Gasteiger partial charge in [-0.3, -0.25) is 15.5 Å². The first-order valence-electron chi connectivity index (χ1n) is 7.37. The summed E-state index contributed by atoms with van der Waals surface area (Å²) in [5, 5.41) is 23.4. The first-order chi connectivity index (χ1) is 12.4. The molecular formula is C16H16N4O6. The summed E-state index contributed by atoms with van der Waals surface area (Å²) in [5.41, 5.74) is 3.19. The SMILES string of the molecule is COc1cc(/C=N\Nc2ccc([N+](=O)[O-])cn2)ccc1O[C@H](C)C(=O)O. The third-order valence-electron chi connectivity index (χ3n) is 3.19. The highest BCUT2D eigenvalue weighted by Gasteiger charge is 2.15. The first kappa shape index (κ1) is 18.6. The number of ether oxygens (including phenoxy) is 2. The topological polar surface area (TPSA) is 136 Å². The molecule has 0 bridgehead atoms. The average Bonchev–Trinajstić information content (AvgIpc) is 2.63. The molecule has 0 saturated carbocycles. The Balaban J connectivity index is 2.05. The molecule has 0 saturated heterocycles. The second kappa shape index (κ2) is 8.42. The van der Waals surface area contributed by atoms with Crippen LogP contribution in [-0.4, -0.2) is 40.4 Å². The van der Waals surface area contributed by atoms with Gasteiger partial charge in [0, 0.05) is 6.07 Å². The van der Waals surface area contributed by atoms with Crippen molar-refractivity contribution in [3.63, 3.8) is 0 Å². The van der Waals surface area contributed by atoms with E-state index in [0.717, 1.165) is 6.20 Å². The number of aliphatic carboxylic acids is 1. The van der Waals surface area contributed by atoms with Crippen molar-refractivity contribution < 1.29 is 24.3 Å². The van der Waals surface area contributed by atoms with Gasteiger partial charge in [0.2, 0.25) is 0 Å². The molecule has 1 heterocycles. The van der Waals surface area contributed by atoms with Gasteiger partial charge in [-0.1, -0.05) is 0 Å². The van der Waals surface area contributed by atoms with E-state index in [1.807, 2.05) is 0 Å². The van der Waals surface area contributed by atoms with E-state index in [1.54, 1.807) is 18.2 Å². The van der Waals surface area contributed by atoms with Gasteiger partial charge in [-0.2, -0.15) is 5.10 Å². The van der Waals surface area contributed by atoms with Crippen LogP contribution in [0.5, 0.6) is 11.5 Å². The Labute approximate surface area is 148 Å². The molecule has 0 amide bonds. The molecule has 2 rings (SSSR count). The summed E-state index contributed by atoms with van der Waals surface area (Å²) in [6.07, 6.45) is 1.59. The Kier molecular flexibility index (Phi) is 6.04. The average molecular weight is 360 g/mol. The molecule has 136 valence electrons. The molecule has 0 radical (unpaired) electrons. The number of nitrogens with zero attached hydrogens (tertiary/aromatic N) is 3. The number of rotatable bonds is 8. The number of benzene rings is 1. The summed E-state index contributed by atoms with van der Waals surface area (Å²) in [6, 6.07) is 7.60. The highest BCUT2D eigenvalue weighted by atomic mass is 16.6. The second-order valence-electron chi connectivity index (χ2n) is 5.04. The Bertz CT molecular complexity index is 822. The van der Waals surface area contributed by atoms with Gasteiger partial charge in [0.1, 0.15) is 12.0 Å². The number of nitrogens with one attached hydrogen (secondary N) is 1. The fourth-order valence-corrected chi connectivity index (χ4v) is 1.84. The molecule has 0 aliphatic heterocycles. The van der Waals surface area contributed by atoms with Crippen LogP contribution in [-0.2, 0) is 4.79 Å². The lowest BCUT2D eigenvalue weighted by Crippen LogP contribution is -2.23. The normalized spacial score (nSPS) is 11.8. The minimum Gasteiger partial charge on any atom is -0.493 e. The Morgan fingerprint density at radius 2 is 2.15 bits per heavy atom. The number of hydrogen-bond donors (Lipinski definition) is 2. The van der Waals surface area contributed by atoms with Crippen molar-refractivity contribution in [1.82, 2.24) is 4.98 Å². The fraction of sp³-hybridized carbons (Fsp3) is 0.188. The van der Waals surface area contributed by atoms with E-state index in [9.17, 15) is 14.9 Å². The van der Waals surface area contributed by atoms with E-state index in [1.165, 1.54) is 32.4 Å². The standard InChI is InChI=1S/C16H16N4O6/c1-10(16(21)22)26-13-5-3-11(7-14(13)25-2)8-18-19-15-6-4-12(9-17-15)20(23)24/h3-10H,1-2H3,(H,17,19)(H,21,22)/b18-8-/t10-/m1/s1. The van der Waals surface area contributed by atoms with E-state index < -0.39 is 17.0 Å². The third-order valence-corrected chi connectivity index (χ3v) is 3.19. The molecule has 0 spiro atoms. The number of carbonyl (C=O) groups is 1. The number of hydrogen-bond acceptors (Lipinski definition) is 8. The molecule has 26 heavy (non-hydrogen) atoms. The molecule has 0 aliphatic carbocycles. The summed E-state index contributed by atoms with van der Waals surface area (Å²) < 4.78 is 10.5. The van der Waals surface area contributed by atoms with Gasteiger partial charge >= 0.3 is 5.97 Å². The number of aromatic nitrogens is 1. The minimum absolute atomic E-state index is 0.115. The van der Waals surface area contributed by atoms with Crippen molar-refractivity contribution in [1.29, 1.82) is 0 Å². The number of nitro groups is 1. The van der Waals surface area contributed by atoms with Crippen LogP contribution in [0.2, 0.25) is 0 Å². The predicted molar refractivity (Wildman–Crippen MR) is 92.8 cm³/mol. The van der Waals surface area contributed by atoms with Crippen LogP contribution in [0.3, 0.4) is 0 Å². The molecular weight excluding hydrogens is 344 g/mol. The zero-order chi connectivity index (χ0) is 19.1. The van der Waals surface area contributed by atoms with Crippen molar-refractivity contribution in [3.8, 4) is 11.5 Å². The fourth-order valence-electron chi connectivity index (χ4n) is 1.84. The van der Waals surface area contributed by atoms with E-state index in [-0.39, 0.29) is 5.69 Å². The first-order valence-corrected chi connectivity index (χ1v) is 7.37. The van der Waals surface area contributed by atoms with Crippen LogP contribution < -0.4 is 14.9 Å².